The molecule has 0 saturated carbocycles. The van der Waals surface area contributed by atoms with Gasteiger partial charge in [0.25, 0.3) is 5.91 Å². The number of ether oxygens (including phenoxy) is 2. The van der Waals surface area contributed by atoms with Crippen LogP contribution in [0.5, 0.6) is 11.6 Å². The molecule has 10 nitrogen and oxygen atoms in total. The number of amides is 2. The average Bonchev–Trinajstić information content (AvgIpc) is 3.24. The third-order valence-electron chi connectivity index (χ3n) is 4.99. The first-order valence-electron chi connectivity index (χ1n) is 10.3. The molecule has 2 amide bonds. The van der Waals surface area contributed by atoms with Crippen LogP contribution in [-0.2, 0) is 11.3 Å². The van der Waals surface area contributed by atoms with Crippen LogP contribution in [-0.4, -0.2) is 45.6 Å². The molecule has 0 radical (unpaired) electrons. The first-order chi connectivity index (χ1) is 16.8. The molecule has 0 aliphatic heterocycles. The maximum absolute atomic E-state index is 14.2. The van der Waals surface area contributed by atoms with Gasteiger partial charge in [-0.15, -0.1) is 0 Å². The van der Waals surface area contributed by atoms with Crippen molar-refractivity contribution in [2.24, 2.45) is 0 Å². The molecule has 3 heterocycles. The van der Waals surface area contributed by atoms with Crippen molar-refractivity contribution < 1.29 is 27.8 Å². The minimum atomic E-state index is -0.748. The molecule has 35 heavy (non-hydrogen) atoms. The van der Waals surface area contributed by atoms with E-state index in [1.165, 1.54) is 37.9 Å². The number of fused-ring (bicyclic) bond motifs is 1. The van der Waals surface area contributed by atoms with E-state index in [4.69, 9.17) is 9.47 Å². The van der Waals surface area contributed by atoms with Gasteiger partial charge in [-0.25, -0.2) is 23.3 Å². The third-order valence-corrected chi connectivity index (χ3v) is 4.99. The Morgan fingerprint density at radius 1 is 1.09 bits per heavy atom. The van der Waals surface area contributed by atoms with Gasteiger partial charge in [0.15, 0.2) is 23.0 Å². The summed E-state index contributed by atoms with van der Waals surface area (Å²) in [6, 6.07) is 6.78. The lowest BCUT2D eigenvalue weighted by Crippen LogP contribution is -2.24. The highest BCUT2D eigenvalue weighted by Gasteiger charge is 2.19. The van der Waals surface area contributed by atoms with Crippen molar-refractivity contribution in [1.29, 1.82) is 0 Å². The van der Waals surface area contributed by atoms with Crippen LogP contribution >= 0.6 is 0 Å². The molecule has 0 unspecified atom stereocenters. The molecule has 0 saturated heterocycles. The lowest BCUT2D eigenvalue weighted by atomic mass is 10.1. The normalized spacial score (nSPS) is 10.8. The molecule has 12 heteroatoms. The summed E-state index contributed by atoms with van der Waals surface area (Å²) in [6.07, 6.45) is 3.02. The Labute approximate surface area is 197 Å². The van der Waals surface area contributed by atoms with Crippen molar-refractivity contribution in [3.05, 3.63) is 65.5 Å². The molecule has 0 atom stereocenters. The Morgan fingerprint density at radius 2 is 1.86 bits per heavy atom. The van der Waals surface area contributed by atoms with Crippen molar-refractivity contribution in [1.82, 2.24) is 24.9 Å². The summed E-state index contributed by atoms with van der Waals surface area (Å²) in [5, 5.41) is 9.57. The molecular weight excluding hydrogens is 462 g/mol. The zero-order valence-electron chi connectivity index (χ0n) is 18.9. The van der Waals surface area contributed by atoms with Crippen LogP contribution in [0.15, 0.2) is 42.7 Å². The minimum absolute atomic E-state index is 0.0367. The van der Waals surface area contributed by atoms with E-state index in [0.29, 0.717) is 22.7 Å². The first kappa shape index (κ1) is 23.5. The Balaban J connectivity index is 1.62. The lowest BCUT2D eigenvalue weighted by molar-refractivity contribution is -0.114. The summed E-state index contributed by atoms with van der Waals surface area (Å²) in [7, 11) is 2.57. The SMILES string of the molecule is COc1ncc(-c2ccc3nc(NC(C)=O)cn3n2)cc1C(=O)NCc1c(F)ccc(F)c1OC. The second kappa shape index (κ2) is 9.71. The van der Waals surface area contributed by atoms with Crippen molar-refractivity contribution in [2.45, 2.75) is 13.5 Å². The van der Waals surface area contributed by atoms with E-state index in [0.717, 1.165) is 12.1 Å². The predicted octanol–water partition coefficient (Wildman–Crippen LogP) is 2.98. The van der Waals surface area contributed by atoms with Crippen LogP contribution in [0, 0.1) is 11.6 Å². The van der Waals surface area contributed by atoms with Gasteiger partial charge in [0.05, 0.1) is 31.7 Å². The second-order valence-electron chi connectivity index (χ2n) is 7.33. The van der Waals surface area contributed by atoms with Crippen molar-refractivity contribution in [3.63, 3.8) is 0 Å². The molecule has 4 aromatic rings. The summed E-state index contributed by atoms with van der Waals surface area (Å²) in [6.45, 7) is 1.04. The van der Waals surface area contributed by atoms with Gasteiger partial charge in [-0.05, 0) is 30.3 Å². The fraction of sp³-hybridized carbons (Fsp3) is 0.174. The number of nitrogens with one attached hydrogen (secondary N) is 2. The highest BCUT2D eigenvalue weighted by molar-refractivity contribution is 5.97. The average molecular weight is 482 g/mol. The zero-order valence-corrected chi connectivity index (χ0v) is 18.9. The Morgan fingerprint density at radius 3 is 2.57 bits per heavy atom. The number of imidazole rings is 1. The zero-order chi connectivity index (χ0) is 25.1. The molecule has 0 aliphatic rings. The number of rotatable bonds is 7. The number of hydrogen-bond acceptors (Lipinski definition) is 7. The smallest absolute Gasteiger partial charge is 0.257 e. The van der Waals surface area contributed by atoms with E-state index in [9.17, 15) is 18.4 Å². The number of carbonyl (C=O) groups is 2. The Bertz CT molecular complexity index is 1440. The van der Waals surface area contributed by atoms with E-state index < -0.39 is 17.5 Å². The van der Waals surface area contributed by atoms with Gasteiger partial charge in [-0.2, -0.15) is 5.10 Å². The molecule has 1 aromatic carbocycles. The predicted molar refractivity (Wildman–Crippen MR) is 121 cm³/mol. The summed E-state index contributed by atoms with van der Waals surface area (Å²) in [5.41, 5.74) is 1.38. The second-order valence-corrected chi connectivity index (χ2v) is 7.33. The maximum atomic E-state index is 14.2. The first-order valence-corrected chi connectivity index (χ1v) is 10.3. The largest absolute Gasteiger partial charge is 0.493 e. The number of benzene rings is 1. The Hall–Kier alpha value is -4.61. The molecular formula is C23H20F2N6O4. The number of hydrogen-bond donors (Lipinski definition) is 2. The fourth-order valence-electron chi connectivity index (χ4n) is 3.42. The van der Waals surface area contributed by atoms with Crippen molar-refractivity contribution in [3.8, 4) is 22.9 Å². The summed E-state index contributed by atoms with van der Waals surface area (Å²) >= 11 is 0. The van der Waals surface area contributed by atoms with E-state index in [1.54, 1.807) is 18.3 Å². The molecule has 4 rings (SSSR count). The fourth-order valence-corrected chi connectivity index (χ4v) is 3.42. The number of nitrogens with zero attached hydrogens (tertiary/aromatic N) is 4. The number of halogens is 2. The summed E-state index contributed by atoms with van der Waals surface area (Å²) in [5.74, 6) is -2.27. The lowest BCUT2D eigenvalue weighted by Gasteiger charge is -2.13. The molecule has 180 valence electrons. The maximum Gasteiger partial charge on any atom is 0.257 e. The van der Waals surface area contributed by atoms with Crippen LogP contribution in [0.4, 0.5) is 14.6 Å². The van der Waals surface area contributed by atoms with Gasteiger partial charge >= 0.3 is 0 Å². The van der Waals surface area contributed by atoms with E-state index in [1.807, 2.05) is 0 Å². The van der Waals surface area contributed by atoms with Crippen LogP contribution in [0.25, 0.3) is 16.9 Å². The van der Waals surface area contributed by atoms with Gasteiger partial charge in [0.2, 0.25) is 11.8 Å². The minimum Gasteiger partial charge on any atom is -0.493 e. The van der Waals surface area contributed by atoms with Gasteiger partial charge in [0.1, 0.15) is 11.4 Å². The number of anilines is 1. The van der Waals surface area contributed by atoms with E-state index in [-0.39, 0.29) is 35.2 Å². The van der Waals surface area contributed by atoms with E-state index >= 15 is 0 Å². The van der Waals surface area contributed by atoms with Gasteiger partial charge < -0.3 is 20.1 Å². The van der Waals surface area contributed by atoms with Crippen LogP contribution < -0.4 is 20.1 Å². The number of pyridine rings is 1. The van der Waals surface area contributed by atoms with Gasteiger partial charge in [0, 0.05) is 25.2 Å². The third kappa shape index (κ3) is 4.86. The molecule has 0 fully saturated rings. The standard InChI is InChI=1S/C23H20F2N6O4/c1-12(32)28-19-11-31-20(29-19)7-6-18(30-31)13-8-14(23(35-3)27-9-13)22(33)26-10-15-16(24)4-5-17(25)21(15)34-2/h4-9,11H,10H2,1-3H3,(H,26,33)(H,28,32). The summed E-state index contributed by atoms with van der Waals surface area (Å²) in [4.78, 5) is 32.6. The highest BCUT2D eigenvalue weighted by atomic mass is 19.1. The van der Waals surface area contributed by atoms with Crippen molar-refractivity contribution in [2.75, 3.05) is 19.5 Å². The van der Waals surface area contributed by atoms with Gasteiger partial charge in [-0.3, -0.25) is 9.59 Å². The molecule has 0 aliphatic carbocycles. The van der Waals surface area contributed by atoms with Crippen LogP contribution in [0.3, 0.4) is 0 Å². The molecule has 2 N–H and O–H groups in total. The molecule has 0 spiro atoms. The van der Waals surface area contributed by atoms with E-state index in [2.05, 4.69) is 25.7 Å². The van der Waals surface area contributed by atoms with Crippen LogP contribution in [0.1, 0.15) is 22.8 Å². The number of carbonyl (C=O) groups excluding carboxylic acids is 2. The monoisotopic (exact) mass is 482 g/mol. The van der Waals surface area contributed by atoms with Gasteiger partial charge in [-0.1, -0.05) is 0 Å². The highest BCUT2D eigenvalue weighted by Crippen LogP contribution is 2.27. The quantitative estimate of drug-likeness (QED) is 0.416. The topological polar surface area (TPSA) is 120 Å². The van der Waals surface area contributed by atoms with Crippen LogP contribution in [0.2, 0.25) is 0 Å². The molecule has 0 bridgehead atoms. The Kier molecular flexibility index (Phi) is 6.53. The number of aromatic nitrogens is 4. The molecule has 3 aromatic heterocycles. The summed E-state index contributed by atoms with van der Waals surface area (Å²) < 4.78 is 39.8. The number of methoxy groups -OCH3 is 2. The van der Waals surface area contributed by atoms with Crippen molar-refractivity contribution >= 4 is 23.3 Å².